The van der Waals surface area contributed by atoms with Gasteiger partial charge < -0.3 is 10.2 Å². The lowest BCUT2D eigenvalue weighted by Crippen LogP contribution is -2.25. The molecule has 0 radical (unpaired) electrons. The van der Waals surface area contributed by atoms with Crippen molar-refractivity contribution in [2.75, 3.05) is 22.5 Å². The van der Waals surface area contributed by atoms with Crippen LogP contribution in [0.5, 0.6) is 0 Å². The van der Waals surface area contributed by atoms with Gasteiger partial charge in [-0.25, -0.2) is 0 Å². The molecule has 3 rings (SSSR count). The first-order valence-corrected chi connectivity index (χ1v) is 9.07. The number of fused-ring (bicyclic) bond motifs is 1. The van der Waals surface area contributed by atoms with Crippen molar-refractivity contribution in [3.05, 3.63) is 54.1 Å². The van der Waals surface area contributed by atoms with Gasteiger partial charge in [-0.3, -0.25) is 9.59 Å². The zero-order chi connectivity index (χ0) is 16.9. The second-order valence-corrected chi connectivity index (χ2v) is 6.79. The Morgan fingerprint density at radius 3 is 2.75 bits per heavy atom. The Morgan fingerprint density at radius 2 is 2.00 bits per heavy atom. The highest BCUT2D eigenvalue weighted by Crippen LogP contribution is 2.31. The number of rotatable bonds is 6. The van der Waals surface area contributed by atoms with Crippen molar-refractivity contribution in [3.63, 3.8) is 0 Å². The van der Waals surface area contributed by atoms with E-state index in [0.29, 0.717) is 19.4 Å². The number of benzene rings is 2. The van der Waals surface area contributed by atoms with Crippen LogP contribution in [0.1, 0.15) is 18.9 Å². The maximum Gasteiger partial charge on any atom is 0.231 e. The number of carbonyl (C=O) groups is 2. The maximum atomic E-state index is 12.1. The SMILES string of the molecule is CCN1C(=O)Cc2cc(NC(=O)CCSc3ccccc3)ccc21. The van der Waals surface area contributed by atoms with Crippen LogP contribution >= 0.6 is 11.8 Å². The molecule has 1 aliphatic heterocycles. The number of hydrogen-bond acceptors (Lipinski definition) is 3. The van der Waals surface area contributed by atoms with Gasteiger partial charge in [-0.1, -0.05) is 18.2 Å². The van der Waals surface area contributed by atoms with E-state index in [-0.39, 0.29) is 11.8 Å². The topological polar surface area (TPSA) is 49.4 Å². The Balaban J connectivity index is 1.54. The number of nitrogens with zero attached hydrogens (tertiary/aromatic N) is 1. The molecule has 0 bridgehead atoms. The number of nitrogens with one attached hydrogen (secondary N) is 1. The van der Waals surface area contributed by atoms with Crippen molar-refractivity contribution < 1.29 is 9.59 Å². The molecule has 1 N–H and O–H groups in total. The Hall–Kier alpha value is -2.27. The summed E-state index contributed by atoms with van der Waals surface area (Å²) in [6, 6.07) is 15.7. The van der Waals surface area contributed by atoms with Crippen molar-refractivity contribution in [2.24, 2.45) is 0 Å². The lowest BCUT2D eigenvalue weighted by atomic mass is 10.1. The van der Waals surface area contributed by atoms with E-state index < -0.39 is 0 Å². The van der Waals surface area contributed by atoms with E-state index in [1.54, 1.807) is 16.7 Å². The first-order chi connectivity index (χ1) is 11.7. The molecule has 0 fully saturated rings. The Morgan fingerprint density at radius 1 is 1.21 bits per heavy atom. The van der Waals surface area contributed by atoms with Crippen molar-refractivity contribution in [1.82, 2.24) is 0 Å². The Labute approximate surface area is 146 Å². The van der Waals surface area contributed by atoms with Gasteiger partial charge in [0.2, 0.25) is 11.8 Å². The molecule has 1 aliphatic rings. The van der Waals surface area contributed by atoms with E-state index in [4.69, 9.17) is 0 Å². The molecule has 124 valence electrons. The maximum absolute atomic E-state index is 12.1. The second-order valence-electron chi connectivity index (χ2n) is 5.62. The predicted molar refractivity (Wildman–Crippen MR) is 98.6 cm³/mol. The third kappa shape index (κ3) is 3.79. The van der Waals surface area contributed by atoms with Gasteiger partial charge >= 0.3 is 0 Å². The zero-order valence-corrected chi connectivity index (χ0v) is 14.4. The van der Waals surface area contributed by atoms with Crippen molar-refractivity contribution >= 4 is 35.0 Å². The first kappa shape index (κ1) is 16.6. The number of amides is 2. The Kier molecular flexibility index (Phi) is 5.20. The summed E-state index contributed by atoms with van der Waals surface area (Å²) in [4.78, 5) is 26.9. The quantitative estimate of drug-likeness (QED) is 0.816. The van der Waals surface area contributed by atoms with Crippen LogP contribution in [0, 0.1) is 0 Å². The van der Waals surface area contributed by atoms with E-state index in [9.17, 15) is 9.59 Å². The normalized spacial score (nSPS) is 13.0. The molecule has 0 saturated heterocycles. The highest BCUT2D eigenvalue weighted by atomic mass is 32.2. The molecule has 4 nitrogen and oxygen atoms in total. The molecule has 2 amide bonds. The standard InChI is InChI=1S/C19H20N2O2S/c1-2-21-17-9-8-15(12-14(17)13-19(21)23)20-18(22)10-11-24-16-6-4-3-5-7-16/h3-9,12H,2,10-11,13H2,1H3,(H,20,22). The molecule has 0 aliphatic carbocycles. The van der Waals surface area contributed by atoms with Crippen LogP contribution in [-0.2, 0) is 16.0 Å². The smallest absolute Gasteiger partial charge is 0.231 e. The summed E-state index contributed by atoms with van der Waals surface area (Å²) in [6.45, 7) is 2.64. The minimum atomic E-state index is -0.00458. The van der Waals surface area contributed by atoms with Crippen molar-refractivity contribution in [2.45, 2.75) is 24.7 Å². The van der Waals surface area contributed by atoms with E-state index >= 15 is 0 Å². The summed E-state index contributed by atoms with van der Waals surface area (Å²) >= 11 is 1.67. The van der Waals surface area contributed by atoms with Gasteiger partial charge in [-0.05, 0) is 42.8 Å². The molecule has 2 aromatic carbocycles. The van der Waals surface area contributed by atoms with Gasteiger partial charge in [0.15, 0.2) is 0 Å². The molecule has 5 heteroatoms. The van der Waals surface area contributed by atoms with Crippen LogP contribution < -0.4 is 10.2 Å². The zero-order valence-electron chi connectivity index (χ0n) is 13.6. The Bertz CT molecular complexity index is 746. The van der Waals surface area contributed by atoms with Crippen LogP contribution in [0.3, 0.4) is 0 Å². The van der Waals surface area contributed by atoms with E-state index in [1.165, 1.54) is 4.90 Å². The highest BCUT2D eigenvalue weighted by molar-refractivity contribution is 7.99. The van der Waals surface area contributed by atoms with Gasteiger partial charge in [0.05, 0.1) is 6.42 Å². The first-order valence-electron chi connectivity index (χ1n) is 8.08. The highest BCUT2D eigenvalue weighted by Gasteiger charge is 2.25. The average Bonchev–Trinajstić information content (AvgIpc) is 2.90. The van der Waals surface area contributed by atoms with Gasteiger partial charge in [0.1, 0.15) is 0 Å². The summed E-state index contributed by atoms with van der Waals surface area (Å²) < 4.78 is 0. The van der Waals surface area contributed by atoms with E-state index in [2.05, 4.69) is 5.32 Å². The summed E-state index contributed by atoms with van der Waals surface area (Å²) in [5, 5.41) is 2.92. The second kappa shape index (κ2) is 7.53. The third-order valence-electron chi connectivity index (χ3n) is 3.95. The molecular weight excluding hydrogens is 320 g/mol. The molecule has 0 atom stereocenters. The molecule has 2 aromatic rings. The van der Waals surface area contributed by atoms with Crippen molar-refractivity contribution in [3.8, 4) is 0 Å². The van der Waals surface area contributed by atoms with Crippen molar-refractivity contribution in [1.29, 1.82) is 0 Å². The fraction of sp³-hybridized carbons (Fsp3) is 0.263. The van der Waals surface area contributed by atoms with E-state index in [0.717, 1.165) is 22.7 Å². The largest absolute Gasteiger partial charge is 0.326 e. The molecule has 0 saturated carbocycles. The molecular formula is C19H20N2O2S. The van der Waals surface area contributed by atoms with Crippen LogP contribution in [0.2, 0.25) is 0 Å². The molecule has 0 aromatic heterocycles. The fourth-order valence-electron chi connectivity index (χ4n) is 2.81. The summed E-state index contributed by atoms with van der Waals surface area (Å²) in [6.07, 6.45) is 0.868. The number of anilines is 2. The summed E-state index contributed by atoms with van der Waals surface area (Å²) in [7, 11) is 0. The van der Waals surface area contributed by atoms with Crippen LogP contribution in [0.25, 0.3) is 0 Å². The summed E-state index contributed by atoms with van der Waals surface area (Å²) in [5.41, 5.74) is 2.70. The molecule has 0 spiro atoms. The molecule has 0 unspecified atom stereocenters. The monoisotopic (exact) mass is 340 g/mol. The molecule has 1 heterocycles. The average molecular weight is 340 g/mol. The molecule has 24 heavy (non-hydrogen) atoms. The van der Waals surface area contributed by atoms with Crippen LogP contribution in [-0.4, -0.2) is 24.1 Å². The minimum Gasteiger partial charge on any atom is -0.326 e. The minimum absolute atomic E-state index is 0.00458. The van der Waals surface area contributed by atoms with Crippen LogP contribution in [0.15, 0.2) is 53.4 Å². The fourth-order valence-corrected chi connectivity index (χ4v) is 3.68. The van der Waals surface area contributed by atoms with Crippen LogP contribution in [0.4, 0.5) is 11.4 Å². The van der Waals surface area contributed by atoms with E-state index in [1.807, 2.05) is 55.5 Å². The summed E-state index contributed by atoms with van der Waals surface area (Å²) in [5.74, 6) is 0.855. The number of likely N-dealkylation sites (N-methyl/N-ethyl adjacent to an activating group) is 1. The van der Waals surface area contributed by atoms with Gasteiger partial charge in [0.25, 0.3) is 0 Å². The van der Waals surface area contributed by atoms with Gasteiger partial charge in [-0.2, -0.15) is 0 Å². The third-order valence-corrected chi connectivity index (χ3v) is 4.97. The van der Waals surface area contributed by atoms with Gasteiger partial charge in [0, 0.05) is 35.0 Å². The number of thioether (sulfide) groups is 1. The van der Waals surface area contributed by atoms with Gasteiger partial charge in [-0.15, -0.1) is 11.8 Å². The lowest BCUT2D eigenvalue weighted by molar-refractivity contribution is -0.117. The number of carbonyl (C=O) groups excluding carboxylic acids is 2. The number of hydrogen-bond donors (Lipinski definition) is 1. The lowest BCUT2D eigenvalue weighted by Gasteiger charge is -2.15. The predicted octanol–water partition coefficient (Wildman–Crippen LogP) is 3.72.